The van der Waals surface area contributed by atoms with E-state index in [-0.39, 0.29) is 0 Å². The van der Waals surface area contributed by atoms with Crippen LogP contribution in [-0.4, -0.2) is 35.3 Å². The Bertz CT molecular complexity index is 113. The molecule has 0 aromatic rings. The van der Waals surface area contributed by atoms with Crippen molar-refractivity contribution < 1.29 is 4.55 Å². The second-order valence-electron chi connectivity index (χ2n) is 3.29. The number of nitrogens with two attached hydrogens (primary N) is 1. The molecule has 1 saturated heterocycles. The predicted octanol–water partition coefficient (Wildman–Crippen LogP) is -0.0494. The van der Waals surface area contributed by atoms with Gasteiger partial charge in [-0.2, -0.15) is 5.14 Å². The van der Waals surface area contributed by atoms with Crippen molar-refractivity contribution in [3.8, 4) is 0 Å². The van der Waals surface area contributed by atoms with E-state index in [1.54, 1.807) is 0 Å². The van der Waals surface area contributed by atoms with Crippen LogP contribution in [0.25, 0.3) is 0 Å². The predicted molar refractivity (Wildman–Crippen MR) is 47.4 cm³/mol. The summed E-state index contributed by atoms with van der Waals surface area (Å²) in [7, 11) is 2.12. The van der Waals surface area contributed by atoms with Crippen molar-refractivity contribution in [3.05, 3.63) is 0 Å². The van der Waals surface area contributed by atoms with Gasteiger partial charge in [-0.25, -0.2) is 0 Å². The fourth-order valence-electron chi connectivity index (χ4n) is 1.46. The van der Waals surface area contributed by atoms with E-state index in [4.69, 9.17) is 5.14 Å². The number of likely N-dealkylation sites (tertiary alicyclic amines) is 1. The minimum absolute atomic E-state index is 0.594. The summed E-state index contributed by atoms with van der Waals surface area (Å²) in [6.07, 6.45) is 2.30. The number of hydrogen-bond acceptors (Lipinski definition) is 3. The molecule has 3 nitrogen and oxygen atoms in total. The van der Waals surface area contributed by atoms with Gasteiger partial charge in [0.15, 0.2) is 0 Å². The molecule has 1 aliphatic heterocycles. The Balaban J connectivity index is 2.17. The van der Waals surface area contributed by atoms with Crippen molar-refractivity contribution in [2.45, 2.75) is 12.8 Å². The molecule has 11 heavy (non-hydrogen) atoms. The van der Waals surface area contributed by atoms with Gasteiger partial charge in [0.05, 0.1) is 0 Å². The molecular formula is C7H16N2OS. The zero-order valence-corrected chi connectivity index (χ0v) is 7.77. The van der Waals surface area contributed by atoms with E-state index in [1.807, 2.05) is 0 Å². The van der Waals surface area contributed by atoms with Gasteiger partial charge >= 0.3 is 0 Å². The molecule has 0 amide bonds. The Hall–Kier alpha value is 0.230. The van der Waals surface area contributed by atoms with Gasteiger partial charge in [-0.1, -0.05) is 0 Å². The molecule has 0 bridgehead atoms. The van der Waals surface area contributed by atoms with Crippen LogP contribution in [0.1, 0.15) is 12.8 Å². The first-order valence-electron chi connectivity index (χ1n) is 4.00. The van der Waals surface area contributed by atoms with Crippen LogP contribution in [0.5, 0.6) is 0 Å². The summed E-state index contributed by atoms with van der Waals surface area (Å²) >= 11 is -1.09. The highest BCUT2D eigenvalue weighted by Gasteiger charge is 2.20. The molecule has 1 rings (SSSR count). The van der Waals surface area contributed by atoms with E-state index in [0.29, 0.717) is 11.7 Å². The zero-order chi connectivity index (χ0) is 8.27. The molecule has 4 heteroatoms. The van der Waals surface area contributed by atoms with Crippen molar-refractivity contribution in [1.82, 2.24) is 4.90 Å². The summed E-state index contributed by atoms with van der Waals surface area (Å²) in [5, 5.41) is 5.22. The SMILES string of the molecule is CN1CCC(C[S+](N)[O-])CC1. The average Bonchev–Trinajstić information content (AvgIpc) is 1.93. The van der Waals surface area contributed by atoms with Gasteiger partial charge in [0.1, 0.15) is 5.75 Å². The number of rotatable bonds is 2. The van der Waals surface area contributed by atoms with Gasteiger partial charge in [-0.05, 0) is 33.0 Å². The second kappa shape index (κ2) is 4.30. The lowest BCUT2D eigenvalue weighted by molar-refractivity contribution is 0.231. The summed E-state index contributed by atoms with van der Waals surface area (Å²) in [6.45, 7) is 2.25. The molecule has 1 aliphatic rings. The average molecular weight is 176 g/mol. The molecule has 1 heterocycles. The lowest BCUT2D eigenvalue weighted by Gasteiger charge is -2.27. The first-order valence-corrected chi connectivity index (χ1v) is 5.38. The van der Waals surface area contributed by atoms with Crippen LogP contribution in [0.4, 0.5) is 0 Å². The zero-order valence-electron chi connectivity index (χ0n) is 6.95. The summed E-state index contributed by atoms with van der Waals surface area (Å²) < 4.78 is 10.7. The first-order chi connectivity index (χ1) is 5.18. The van der Waals surface area contributed by atoms with E-state index in [0.717, 1.165) is 25.9 Å². The Labute approximate surface area is 71.3 Å². The van der Waals surface area contributed by atoms with Crippen LogP contribution in [0.2, 0.25) is 0 Å². The number of nitrogens with zero attached hydrogens (tertiary/aromatic N) is 1. The van der Waals surface area contributed by atoms with Crippen molar-refractivity contribution in [2.75, 3.05) is 25.9 Å². The smallest absolute Gasteiger partial charge is 0.128 e. The van der Waals surface area contributed by atoms with Crippen LogP contribution in [0, 0.1) is 5.92 Å². The quantitative estimate of drug-likeness (QED) is 0.600. The standard InChI is InChI=1S/C7H16N2OS/c1-9-4-2-7(3-5-9)6-11(8)10/h7H,2-6,8H2,1H3. The third-order valence-corrected chi connectivity index (χ3v) is 3.04. The van der Waals surface area contributed by atoms with E-state index >= 15 is 0 Å². The van der Waals surface area contributed by atoms with Crippen molar-refractivity contribution in [3.63, 3.8) is 0 Å². The van der Waals surface area contributed by atoms with Gasteiger partial charge in [0, 0.05) is 17.3 Å². The minimum atomic E-state index is -1.09. The molecule has 1 atom stereocenters. The van der Waals surface area contributed by atoms with Gasteiger partial charge in [-0.15, -0.1) is 0 Å². The highest BCUT2D eigenvalue weighted by molar-refractivity contribution is 7.89. The maximum absolute atomic E-state index is 10.7. The van der Waals surface area contributed by atoms with E-state index < -0.39 is 11.4 Å². The first kappa shape index (κ1) is 9.32. The summed E-state index contributed by atoms with van der Waals surface area (Å²) in [6, 6.07) is 0. The molecule has 0 aromatic heterocycles. The van der Waals surface area contributed by atoms with Crippen molar-refractivity contribution in [2.24, 2.45) is 11.1 Å². The Kier molecular flexibility index (Phi) is 3.65. The molecule has 0 aromatic carbocycles. The summed E-state index contributed by atoms with van der Waals surface area (Å²) in [5.74, 6) is 1.28. The fraction of sp³-hybridized carbons (Fsp3) is 1.00. The second-order valence-corrected chi connectivity index (χ2v) is 4.39. The number of piperidine rings is 1. The largest absolute Gasteiger partial charge is 0.598 e. The highest BCUT2D eigenvalue weighted by atomic mass is 32.2. The molecule has 66 valence electrons. The maximum atomic E-state index is 10.7. The minimum Gasteiger partial charge on any atom is -0.598 e. The van der Waals surface area contributed by atoms with E-state index in [2.05, 4.69) is 11.9 Å². The van der Waals surface area contributed by atoms with E-state index in [1.165, 1.54) is 0 Å². The van der Waals surface area contributed by atoms with Crippen LogP contribution in [-0.2, 0) is 11.4 Å². The molecule has 0 saturated carbocycles. The Morgan fingerprint density at radius 1 is 1.55 bits per heavy atom. The topological polar surface area (TPSA) is 52.3 Å². The van der Waals surface area contributed by atoms with Gasteiger partial charge in [0.2, 0.25) is 0 Å². The van der Waals surface area contributed by atoms with Crippen molar-refractivity contribution >= 4 is 11.4 Å². The third-order valence-electron chi connectivity index (χ3n) is 2.24. The highest BCUT2D eigenvalue weighted by Crippen LogP contribution is 2.16. The monoisotopic (exact) mass is 176 g/mol. The molecule has 2 N–H and O–H groups in total. The van der Waals surface area contributed by atoms with Gasteiger partial charge < -0.3 is 9.45 Å². The van der Waals surface area contributed by atoms with E-state index in [9.17, 15) is 4.55 Å². The third kappa shape index (κ3) is 3.42. The molecule has 0 radical (unpaired) electrons. The van der Waals surface area contributed by atoms with Crippen LogP contribution in [0.3, 0.4) is 0 Å². The normalized spacial score (nSPS) is 25.4. The molecule has 0 aliphatic carbocycles. The van der Waals surface area contributed by atoms with Crippen LogP contribution < -0.4 is 5.14 Å². The lowest BCUT2D eigenvalue weighted by atomic mass is 10.00. The summed E-state index contributed by atoms with van der Waals surface area (Å²) in [5.41, 5.74) is 0. The molecule has 1 unspecified atom stereocenters. The maximum Gasteiger partial charge on any atom is 0.128 e. The molecular weight excluding hydrogens is 160 g/mol. The van der Waals surface area contributed by atoms with Crippen molar-refractivity contribution in [1.29, 1.82) is 0 Å². The Morgan fingerprint density at radius 3 is 2.55 bits per heavy atom. The fourth-order valence-corrected chi connectivity index (χ4v) is 2.26. The lowest BCUT2D eigenvalue weighted by Crippen LogP contribution is -2.34. The van der Waals surface area contributed by atoms with Gasteiger partial charge in [0.25, 0.3) is 0 Å². The molecule has 1 fully saturated rings. The van der Waals surface area contributed by atoms with Gasteiger partial charge in [-0.3, -0.25) is 0 Å². The van der Waals surface area contributed by atoms with Crippen LogP contribution >= 0.6 is 0 Å². The summed E-state index contributed by atoms with van der Waals surface area (Å²) in [4.78, 5) is 2.30. The Morgan fingerprint density at radius 2 is 2.09 bits per heavy atom. The molecule has 0 spiro atoms. The number of hydrogen-bond donors (Lipinski definition) is 1. The van der Waals surface area contributed by atoms with Crippen LogP contribution in [0.15, 0.2) is 0 Å².